The molecule has 0 saturated carbocycles. The average Bonchev–Trinajstić information content (AvgIpc) is 3.17. The first kappa shape index (κ1) is 20.9. The molecular weight excluding hydrogens is 419 g/mol. The van der Waals surface area contributed by atoms with Crippen LogP contribution in [0.5, 0.6) is 0 Å². The molecule has 10 heteroatoms. The molecule has 2 aromatic carbocycles. The Labute approximate surface area is 179 Å². The third kappa shape index (κ3) is 4.86. The van der Waals surface area contributed by atoms with Crippen molar-refractivity contribution < 1.29 is 12.8 Å². The second-order valence-corrected chi connectivity index (χ2v) is 8.79. The van der Waals surface area contributed by atoms with Gasteiger partial charge in [-0.05, 0) is 36.8 Å². The number of benzene rings is 2. The van der Waals surface area contributed by atoms with Gasteiger partial charge in [-0.25, -0.2) is 32.2 Å². The van der Waals surface area contributed by atoms with E-state index in [1.54, 1.807) is 47.3 Å². The highest BCUT2D eigenvalue weighted by molar-refractivity contribution is 7.89. The summed E-state index contributed by atoms with van der Waals surface area (Å²) in [6.45, 7) is 2.84. The molecule has 0 atom stereocenters. The van der Waals surface area contributed by atoms with Crippen molar-refractivity contribution in [2.45, 2.75) is 24.9 Å². The van der Waals surface area contributed by atoms with Gasteiger partial charge in [0.1, 0.15) is 18.0 Å². The summed E-state index contributed by atoms with van der Waals surface area (Å²) in [4.78, 5) is 8.75. The number of aromatic nitrogens is 4. The van der Waals surface area contributed by atoms with Crippen LogP contribution < -0.4 is 10.0 Å². The largest absolute Gasteiger partial charge is 0.365 e. The smallest absolute Gasteiger partial charge is 0.240 e. The minimum atomic E-state index is -3.60. The first-order valence-corrected chi connectivity index (χ1v) is 11.1. The van der Waals surface area contributed by atoms with Crippen LogP contribution in [0.25, 0.3) is 11.0 Å². The van der Waals surface area contributed by atoms with E-state index in [4.69, 9.17) is 0 Å². The number of anilines is 1. The van der Waals surface area contributed by atoms with E-state index < -0.39 is 10.0 Å². The van der Waals surface area contributed by atoms with Gasteiger partial charge < -0.3 is 5.32 Å². The number of hydrogen-bond donors (Lipinski definition) is 2. The number of sulfonamides is 1. The van der Waals surface area contributed by atoms with Crippen molar-refractivity contribution in [1.82, 2.24) is 24.5 Å². The molecule has 0 fully saturated rings. The summed E-state index contributed by atoms with van der Waals surface area (Å²) < 4.78 is 42.1. The van der Waals surface area contributed by atoms with Gasteiger partial charge in [0.05, 0.1) is 23.0 Å². The molecule has 0 saturated heterocycles. The van der Waals surface area contributed by atoms with E-state index in [1.807, 2.05) is 6.92 Å². The number of halogens is 1. The van der Waals surface area contributed by atoms with Crippen molar-refractivity contribution >= 4 is 26.9 Å². The summed E-state index contributed by atoms with van der Waals surface area (Å²) in [6.07, 6.45) is 3.06. The topological polar surface area (TPSA) is 102 Å². The first-order chi connectivity index (χ1) is 14.9. The Bertz CT molecular complexity index is 1290. The highest BCUT2D eigenvalue weighted by atomic mass is 32.2. The lowest BCUT2D eigenvalue weighted by Crippen LogP contribution is -2.27. The van der Waals surface area contributed by atoms with E-state index in [-0.39, 0.29) is 17.3 Å². The van der Waals surface area contributed by atoms with Gasteiger partial charge in [-0.3, -0.25) is 0 Å². The van der Waals surface area contributed by atoms with Gasteiger partial charge in [0, 0.05) is 13.1 Å². The number of hydrogen-bond acceptors (Lipinski definition) is 6. The summed E-state index contributed by atoms with van der Waals surface area (Å²) >= 11 is 0. The lowest BCUT2D eigenvalue weighted by molar-refractivity contribution is 0.564. The molecule has 2 heterocycles. The Morgan fingerprint density at radius 2 is 1.77 bits per heavy atom. The molecule has 0 aliphatic carbocycles. The fourth-order valence-electron chi connectivity index (χ4n) is 3.07. The number of fused-ring (bicyclic) bond motifs is 1. The molecule has 0 bridgehead atoms. The molecule has 0 unspecified atom stereocenters. The molecule has 0 radical (unpaired) electrons. The summed E-state index contributed by atoms with van der Waals surface area (Å²) in [7, 11) is -3.60. The predicted octanol–water partition coefficient (Wildman–Crippen LogP) is 2.86. The fraction of sp³-hybridized carbons (Fsp3) is 0.190. The molecule has 160 valence electrons. The van der Waals surface area contributed by atoms with Crippen molar-refractivity contribution in [1.29, 1.82) is 0 Å². The van der Waals surface area contributed by atoms with Crippen molar-refractivity contribution in [3.63, 3.8) is 0 Å². The van der Waals surface area contributed by atoms with Gasteiger partial charge >= 0.3 is 0 Å². The van der Waals surface area contributed by atoms with Gasteiger partial charge in [0.25, 0.3) is 0 Å². The normalized spacial score (nSPS) is 11.7. The number of aryl methyl sites for hydroxylation is 1. The zero-order chi connectivity index (χ0) is 21.8. The van der Waals surface area contributed by atoms with Crippen LogP contribution in [0.1, 0.15) is 11.1 Å². The molecule has 0 aliphatic rings. The Morgan fingerprint density at radius 1 is 1.03 bits per heavy atom. The van der Waals surface area contributed by atoms with Crippen LogP contribution in [0.2, 0.25) is 0 Å². The fourth-order valence-corrected chi connectivity index (χ4v) is 4.09. The van der Waals surface area contributed by atoms with Gasteiger partial charge in [-0.1, -0.05) is 29.8 Å². The SMILES string of the molecule is Cc1ccc(S(=O)(=O)NCCn2ncc3c(NCc4ccc(F)cc4)ncnc32)cc1. The summed E-state index contributed by atoms with van der Waals surface area (Å²) in [5.41, 5.74) is 2.49. The van der Waals surface area contributed by atoms with Gasteiger partial charge in [-0.15, -0.1) is 0 Å². The summed E-state index contributed by atoms with van der Waals surface area (Å²) in [5.74, 6) is 0.313. The Morgan fingerprint density at radius 3 is 2.52 bits per heavy atom. The molecule has 31 heavy (non-hydrogen) atoms. The minimum absolute atomic E-state index is 0.162. The third-order valence-electron chi connectivity index (χ3n) is 4.75. The molecule has 4 aromatic rings. The van der Waals surface area contributed by atoms with Crippen molar-refractivity contribution in [3.8, 4) is 0 Å². The highest BCUT2D eigenvalue weighted by Gasteiger charge is 2.14. The predicted molar refractivity (Wildman–Crippen MR) is 115 cm³/mol. The Balaban J connectivity index is 1.42. The van der Waals surface area contributed by atoms with Crippen LogP contribution in [0.4, 0.5) is 10.2 Å². The molecule has 2 aromatic heterocycles. The van der Waals surface area contributed by atoms with Crippen molar-refractivity contribution in [3.05, 3.63) is 78.0 Å². The highest BCUT2D eigenvalue weighted by Crippen LogP contribution is 2.19. The van der Waals surface area contributed by atoms with Crippen LogP contribution >= 0.6 is 0 Å². The lowest BCUT2D eigenvalue weighted by atomic mass is 10.2. The van der Waals surface area contributed by atoms with Crippen LogP contribution in [0.3, 0.4) is 0 Å². The number of nitrogens with one attached hydrogen (secondary N) is 2. The maximum absolute atomic E-state index is 13.1. The van der Waals surface area contributed by atoms with E-state index >= 15 is 0 Å². The van der Waals surface area contributed by atoms with Crippen LogP contribution in [-0.4, -0.2) is 34.7 Å². The van der Waals surface area contributed by atoms with Crippen molar-refractivity contribution in [2.24, 2.45) is 0 Å². The summed E-state index contributed by atoms with van der Waals surface area (Å²) in [6, 6.07) is 12.9. The van der Waals surface area contributed by atoms with E-state index in [9.17, 15) is 12.8 Å². The number of rotatable bonds is 8. The van der Waals surface area contributed by atoms with E-state index in [2.05, 4.69) is 25.1 Å². The molecule has 4 rings (SSSR count). The minimum Gasteiger partial charge on any atom is -0.365 e. The molecule has 2 N–H and O–H groups in total. The quantitative estimate of drug-likeness (QED) is 0.437. The molecule has 0 aliphatic heterocycles. The monoisotopic (exact) mass is 440 g/mol. The Hall–Kier alpha value is -3.37. The molecule has 8 nitrogen and oxygen atoms in total. The van der Waals surface area contributed by atoms with Crippen LogP contribution in [-0.2, 0) is 23.1 Å². The standard InChI is InChI=1S/C21H21FN6O2S/c1-15-2-8-18(9-3-15)31(29,30)27-10-11-28-21-19(13-26-28)20(24-14-25-21)23-12-16-4-6-17(22)7-5-16/h2-9,13-14,27H,10-12H2,1H3,(H,23,24,25). The number of nitrogens with zero attached hydrogens (tertiary/aromatic N) is 4. The van der Waals surface area contributed by atoms with Gasteiger partial charge in [-0.2, -0.15) is 5.10 Å². The van der Waals surface area contributed by atoms with Gasteiger partial charge in [0.15, 0.2) is 5.65 Å². The van der Waals surface area contributed by atoms with Crippen molar-refractivity contribution in [2.75, 3.05) is 11.9 Å². The zero-order valence-electron chi connectivity index (χ0n) is 16.8. The second-order valence-electron chi connectivity index (χ2n) is 7.02. The molecule has 0 spiro atoms. The van der Waals surface area contributed by atoms with Gasteiger partial charge in [0.2, 0.25) is 10.0 Å². The summed E-state index contributed by atoms with van der Waals surface area (Å²) in [5, 5.41) is 8.23. The molecular formula is C21H21FN6O2S. The van der Waals surface area contributed by atoms with E-state index in [0.717, 1.165) is 11.1 Å². The maximum Gasteiger partial charge on any atom is 0.240 e. The lowest BCUT2D eigenvalue weighted by Gasteiger charge is -2.09. The van der Waals surface area contributed by atoms with E-state index in [1.165, 1.54) is 18.5 Å². The van der Waals surface area contributed by atoms with Crippen LogP contribution in [0.15, 0.2) is 66.0 Å². The first-order valence-electron chi connectivity index (χ1n) is 9.63. The maximum atomic E-state index is 13.1. The van der Waals surface area contributed by atoms with E-state index in [0.29, 0.717) is 29.9 Å². The second kappa shape index (κ2) is 8.78. The average molecular weight is 441 g/mol. The zero-order valence-corrected chi connectivity index (χ0v) is 17.6. The van der Waals surface area contributed by atoms with Crippen LogP contribution in [0, 0.1) is 12.7 Å². The Kier molecular flexibility index (Phi) is 5.92. The third-order valence-corrected chi connectivity index (χ3v) is 6.23. The molecule has 0 amide bonds.